The van der Waals surface area contributed by atoms with Gasteiger partial charge in [-0.25, -0.2) is 4.98 Å². The summed E-state index contributed by atoms with van der Waals surface area (Å²) in [6.45, 7) is 10.3. The van der Waals surface area contributed by atoms with Crippen molar-refractivity contribution in [3.05, 3.63) is 17.8 Å². The van der Waals surface area contributed by atoms with Crippen molar-refractivity contribution in [2.45, 2.75) is 46.6 Å². The lowest BCUT2D eigenvalue weighted by molar-refractivity contribution is -0.137. The van der Waals surface area contributed by atoms with E-state index in [0.717, 1.165) is 5.56 Å². The number of amides is 1. The molecule has 1 amide bonds. The van der Waals surface area contributed by atoms with Crippen LogP contribution >= 0.6 is 0 Å². The molecular formula is C16H26N2O3. The first-order chi connectivity index (χ1) is 9.82. The van der Waals surface area contributed by atoms with Crippen molar-refractivity contribution in [3.63, 3.8) is 0 Å². The van der Waals surface area contributed by atoms with Gasteiger partial charge in [-0.1, -0.05) is 13.8 Å². The number of carbonyl (C=O) groups is 1. The van der Waals surface area contributed by atoms with E-state index >= 15 is 0 Å². The zero-order valence-corrected chi connectivity index (χ0v) is 13.8. The van der Waals surface area contributed by atoms with Gasteiger partial charge in [-0.3, -0.25) is 4.79 Å². The van der Waals surface area contributed by atoms with Crippen molar-refractivity contribution in [3.8, 4) is 5.88 Å². The maximum atomic E-state index is 12.4. The lowest BCUT2D eigenvalue weighted by Crippen LogP contribution is -2.43. The predicted molar refractivity (Wildman–Crippen MR) is 83.6 cm³/mol. The third-order valence-electron chi connectivity index (χ3n) is 3.30. The number of nitrogens with one attached hydrogen (secondary N) is 1. The molecule has 0 aliphatic heterocycles. The van der Waals surface area contributed by atoms with Crippen molar-refractivity contribution in [1.29, 1.82) is 0 Å². The normalized spacial score (nSPS) is 13.9. The first kappa shape index (κ1) is 17.4. The summed E-state index contributed by atoms with van der Waals surface area (Å²) in [7, 11) is 1.56. The van der Waals surface area contributed by atoms with Crippen LogP contribution in [0, 0.1) is 12.8 Å². The maximum Gasteiger partial charge on any atom is 0.256 e. The molecule has 118 valence electrons. The second-order valence-corrected chi connectivity index (χ2v) is 5.77. The Balaban J connectivity index is 2.84. The van der Waals surface area contributed by atoms with Crippen LogP contribution in [0.5, 0.6) is 5.88 Å². The number of rotatable bonds is 7. The van der Waals surface area contributed by atoms with Gasteiger partial charge in [0, 0.05) is 12.7 Å². The first-order valence-electron chi connectivity index (χ1n) is 7.28. The van der Waals surface area contributed by atoms with E-state index in [1.165, 1.54) is 0 Å². The molecule has 0 saturated heterocycles. The maximum absolute atomic E-state index is 12.4. The molecule has 0 unspecified atom stereocenters. The molecule has 1 aromatic rings. The van der Waals surface area contributed by atoms with Crippen LogP contribution in [0.2, 0.25) is 0 Å². The molecule has 0 aliphatic carbocycles. The average Bonchev–Trinajstić information content (AvgIpc) is 2.41. The highest BCUT2D eigenvalue weighted by Gasteiger charge is 2.34. The minimum Gasteiger partial charge on any atom is -0.478 e. The number of hydrogen-bond donors (Lipinski definition) is 1. The Kier molecular flexibility index (Phi) is 6.15. The zero-order valence-electron chi connectivity index (χ0n) is 13.8. The Hall–Kier alpha value is -1.62. The number of anilines is 1. The molecule has 0 bridgehead atoms. The van der Waals surface area contributed by atoms with Gasteiger partial charge in [0.25, 0.3) is 5.91 Å². The predicted octanol–water partition coefficient (Wildman–Crippen LogP) is 3.18. The van der Waals surface area contributed by atoms with E-state index in [9.17, 15) is 4.79 Å². The molecule has 0 fully saturated rings. The highest BCUT2D eigenvalue weighted by atomic mass is 16.5. The van der Waals surface area contributed by atoms with Crippen LogP contribution in [0.15, 0.2) is 12.3 Å². The molecular weight excluding hydrogens is 268 g/mol. The van der Waals surface area contributed by atoms with Gasteiger partial charge in [-0.2, -0.15) is 0 Å². The van der Waals surface area contributed by atoms with Crippen LogP contribution in [-0.2, 0) is 9.53 Å². The van der Waals surface area contributed by atoms with Crippen LogP contribution < -0.4 is 10.1 Å². The van der Waals surface area contributed by atoms with Gasteiger partial charge in [0.2, 0.25) is 5.88 Å². The molecule has 1 rings (SSSR count). The summed E-state index contributed by atoms with van der Waals surface area (Å²) in [5.41, 5.74) is 0.686. The van der Waals surface area contributed by atoms with Crippen LogP contribution in [0.3, 0.4) is 0 Å². The molecule has 0 aromatic carbocycles. The summed E-state index contributed by atoms with van der Waals surface area (Å²) in [6, 6.07) is 1.85. The molecule has 5 heteroatoms. The molecule has 0 radical (unpaired) electrons. The third-order valence-corrected chi connectivity index (χ3v) is 3.30. The van der Waals surface area contributed by atoms with Gasteiger partial charge in [0.1, 0.15) is 5.60 Å². The molecule has 1 aromatic heterocycles. The molecule has 0 saturated carbocycles. The Morgan fingerprint density at radius 1 is 1.48 bits per heavy atom. The molecule has 21 heavy (non-hydrogen) atoms. The van der Waals surface area contributed by atoms with Gasteiger partial charge in [-0.15, -0.1) is 0 Å². The second-order valence-electron chi connectivity index (χ2n) is 5.77. The summed E-state index contributed by atoms with van der Waals surface area (Å²) < 4.78 is 10.8. The summed E-state index contributed by atoms with van der Waals surface area (Å²) in [4.78, 5) is 16.6. The summed E-state index contributed by atoms with van der Waals surface area (Å²) in [5, 5.41) is 2.87. The fourth-order valence-corrected chi connectivity index (χ4v) is 2.23. The lowest BCUT2D eigenvalue weighted by atomic mass is 9.93. The van der Waals surface area contributed by atoms with E-state index in [0.29, 0.717) is 30.5 Å². The number of methoxy groups -OCH3 is 1. The van der Waals surface area contributed by atoms with Gasteiger partial charge in [-0.05, 0) is 39.2 Å². The number of aryl methyl sites for hydroxylation is 1. The van der Waals surface area contributed by atoms with Gasteiger partial charge in [0.15, 0.2) is 0 Å². The molecule has 0 spiro atoms. The van der Waals surface area contributed by atoms with E-state index in [-0.39, 0.29) is 5.91 Å². The van der Waals surface area contributed by atoms with Crippen molar-refractivity contribution in [1.82, 2.24) is 4.98 Å². The quantitative estimate of drug-likeness (QED) is 0.839. The van der Waals surface area contributed by atoms with Crippen LogP contribution in [0.1, 0.15) is 39.7 Å². The molecule has 0 aliphatic rings. The Labute approximate surface area is 127 Å². The number of aromatic nitrogens is 1. The summed E-state index contributed by atoms with van der Waals surface area (Å²) in [6.07, 6.45) is 2.25. The van der Waals surface area contributed by atoms with E-state index in [1.807, 2.05) is 19.9 Å². The first-order valence-corrected chi connectivity index (χ1v) is 7.28. The minimum absolute atomic E-state index is 0.163. The zero-order chi connectivity index (χ0) is 16.0. The number of ether oxygens (including phenoxy) is 2. The molecule has 1 heterocycles. The topological polar surface area (TPSA) is 60.5 Å². The van der Waals surface area contributed by atoms with Gasteiger partial charge < -0.3 is 14.8 Å². The largest absolute Gasteiger partial charge is 0.478 e. The Bertz CT molecular complexity index is 488. The SMILES string of the molecule is CCOc1ncc(NC(=O)[C@@](C)(CC(C)C)OC)cc1C. The summed E-state index contributed by atoms with van der Waals surface area (Å²) in [5.74, 6) is 0.789. The van der Waals surface area contributed by atoms with E-state index in [4.69, 9.17) is 9.47 Å². The number of hydrogen-bond acceptors (Lipinski definition) is 4. The Morgan fingerprint density at radius 3 is 2.62 bits per heavy atom. The van der Waals surface area contributed by atoms with Gasteiger partial charge >= 0.3 is 0 Å². The van der Waals surface area contributed by atoms with E-state index < -0.39 is 5.60 Å². The number of pyridine rings is 1. The fourth-order valence-electron chi connectivity index (χ4n) is 2.23. The number of carbonyl (C=O) groups excluding carboxylic acids is 1. The fraction of sp³-hybridized carbons (Fsp3) is 0.625. The van der Waals surface area contributed by atoms with Crippen molar-refractivity contribution in [2.24, 2.45) is 5.92 Å². The molecule has 1 N–H and O–H groups in total. The van der Waals surface area contributed by atoms with Crippen LogP contribution in [0.25, 0.3) is 0 Å². The van der Waals surface area contributed by atoms with Crippen molar-refractivity contribution in [2.75, 3.05) is 19.0 Å². The average molecular weight is 294 g/mol. The molecule has 5 nitrogen and oxygen atoms in total. The highest BCUT2D eigenvalue weighted by molar-refractivity contribution is 5.97. The second kappa shape index (κ2) is 7.41. The van der Waals surface area contributed by atoms with Gasteiger partial charge in [0.05, 0.1) is 18.5 Å². The minimum atomic E-state index is -0.847. The number of nitrogens with zero attached hydrogens (tertiary/aromatic N) is 1. The van der Waals surface area contributed by atoms with Crippen LogP contribution in [-0.4, -0.2) is 30.2 Å². The third kappa shape index (κ3) is 4.70. The monoisotopic (exact) mass is 294 g/mol. The highest BCUT2D eigenvalue weighted by Crippen LogP contribution is 2.24. The Morgan fingerprint density at radius 2 is 2.14 bits per heavy atom. The van der Waals surface area contributed by atoms with Crippen LogP contribution in [0.4, 0.5) is 5.69 Å². The standard InChI is InChI=1S/C16H26N2O3/c1-7-21-14-12(4)8-13(10-17-14)18-15(19)16(5,20-6)9-11(2)3/h8,10-11H,7,9H2,1-6H3,(H,18,19)/t16-/m1/s1. The van der Waals surface area contributed by atoms with Crippen molar-refractivity contribution < 1.29 is 14.3 Å². The molecule has 1 atom stereocenters. The summed E-state index contributed by atoms with van der Waals surface area (Å²) >= 11 is 0. The van der Waals surface area contributed by atoms with Crippen molar-refractivity contribution >= 4 is 11.6 Å². The van der Waals surface area contributed by atoms with E-state index in [1.54, 1.807) is 20.2 Å². The van der Waals surface area contributed by atoms with E-state index in [2.05, 4.69) is 24.1 Å². The lowest BCUT2D eigenvalue weighted by Gasteiger charge is -2.28. The smallest absolute Gasteiger partial charge is 0.256 e.